The van der Waals surface area contributed by atoms with E-state index in [2.05, 4.69) is 29.2 Å². The third-order valence-corrected chi connectivity index (χ3v) is 4.14. The number of aryl methyl sites for hydroxylation is 1. The van der Waals surface area contributed by atoms with Crippen molar-refractivity contribution in [2.24, 2.45) is 7.05 Å². The van der Waals surface area contributed by atoms with E-state index < -0.39 is 0 Å². The number of hydrogen-bond donors (Lipinski definition) is 0. The molecule has 1 amide bonds. The summed E-state index contributed by atoms with van der Waals surface area (Å²) in [6, 6.07) is 18.4. The maximum absolute atomic E-state index is 12.4. The van der Waals surface area contributed by atoms with E-state index in [1.807, 2.05) is 55.2 Å². The average Bonchev–Trinajstić information content (AvgIpc) is 3.01. The molecule has 0 atom stereocenters. The van der Waals surface area contributed by atoms with Crippen molar-refractivity contribution in [3.63, 3.8) is 0 Å². The summed E-state index contributed by atoms with van der Waals surface area (Å²) in [6.07, 6.45) is 4.03. The summed E-state index contributed by atoms with van der Waals surface area (Å²) in [5.74, 6) is 0.968. The van der Waals surface area contributed by atoms with Crippen molar-refractivity contribution >= 4 is 5.91 Å². The highest BCUT2D eigenvalue weighted by atomic mass is 16.2. The molecule has 0 unspecified atom stereocenters. The van der Waals surface area contributed by atoms with Gasteiger partial charge in [0.25, 0.3) is 0 Å². The van der Waals surface area contributed by atoms with E-state index in [-0.39, 0.29) is 5.91 Å². The zero-order chi connectivity index (χ0) is 16.9. The molecule has 0 aliphatic heterocycles. The molecule has 2 aromatic carbocycles. The van der Waals surface area contributed by atoms with Crippen molar-refractivity contribution in [3.05, 3.63) is 78.4 Å². The molecule has 1 aromatic heterocycles. The molecule has 4 nitrogen and oxygen atoms in total. The molecule has 3 aromatic rings. The minimum absolute atomic E-state index is 0.0884. The topological polar surface area (TPSA) is 38.1 Å². The highest BCUT2D eigenvalue weighted by Crippen LogP contribution is 2.19. The Bertz CT molecular complexity index is 806. The number of aromatic nitrogens is 2. The monoisotopic (exact) mass is 319 g/mol. The van der Waals surface area contributed by atoms with Crippen LogP contribution in [0.1, 0.15) is 11.4 Å². The quantitative estimate of drug-likeness (QED) is 0.724. The number of rotatable bonds is 5. The van der Waals surface area contributed by atoms with Crippen molar-refractivity contribution < 1.29 is 4.79 Å². The first-order chi connectivity index (χ1) is 11.6. The van der Waals surface area contributed by atoms with Crippen molar-refractivity contribution in [1.29, 1.82) is 0 Å². The van der Waals surface area contributed by atoms with Crippen LogP contribution in [0.3, 0.4) is 0 Å². The van der Waals surface area contributed by atoms with Gasteiger partial charge in [0.1, 0.15) is 5.82 Å². The lowest BCUT2D eigenvalue weighted by Gasteiger charge is -2.17. The molecule has 0 spiro atoms. The fourth-order valence-electron chi connectivity index (χ4n) is 2.60. The molecule has 0 saturated heterocycles. The first-order valence-corrected chi connectivity index (χ1v) is 7.98. The molecule has 0 saturated carbocycles. The second-order valence-electron chi connectivity index (χ2n) is 5.94. The molecule has 122 valence electrons. The van der Waals surface area contributed by atoms with E-state index >= 15 is 0 Å². The lowest BCUT2D eigenvalue weighted by molar-refractivity contribution is -0.129. The van der Waals surface area contributed by atoms with Crippen LogP contribution in [0, 0.1) is 0 Å². The van der Waals surface area contributed by atoms with Gasteiger partial charge in [-0.3, -0.25) is 4.79 Å². The Morgan fingerprint density at radius 1 is 1.04 bits per heavy atom. The SMILES string of the molecule is CN(Cc1nccn1C)C(=O)Cc1ccc(-c2ccccc2)cc1. The van der Waals surface area contributed by atoms with E-state index in [0.717, 1.165) is 17.0 Å². The van der Waals surface area contributed by atoms with Crippen molar-refractivity contribution in [1.82, 2.24) is 14.5 Å². The summed E-state index contributed by atoms with van der Waals surface area (Å²) < 4.78 is 1.93. The Morgan fingerprint density at radius 2 is 1.71 bits per heavy atom. The van der Waals surface area contributed by atoms with Gasteiger partial charge in [-0.2, -0.15) is 0 Å². The molecular formula is C20H21N3O. The molecule has 0 radical (unpaired) electrons. The Balaban J connectivity index is 1.63. The minimum atomic E-state index is 0.0884. The predicted octanol–water partition coefficient (Wildman–Crippen LogP) is 3.29. The fourth-order valence-corrected chi connectivity index (χ4v) is 2.60. The van der Waals surface area contributed by atoms with Gasteiger partial charge in [0.15, 0.2) is 0 Å². The maximum Gasteiger partial charge on any atom is 0.227 e. The van der Waals surface area contributed by atoms with Crippen molar-refractivity contribution in [2.75, 3.05) is 7.05 Å². The minimum Gasteiger partial charge on any atom is -0.338 e. The van der Waals surface area contributed by atoms with Gasteiger partial charge in [-0.05, 0) is 16.7 Å². The van der Waals surface area contributed by atoms with Gasteiger partial charge in [-0.1, -0.05) is 54.6 Å². The van der Waals surface area contributed by atoms with E-state index in [4.69, 9.17) is 0 Å². The zero-order valence-electron chi connectivity index (χ0n) is 14.0. The molecule has 0 fully saturated rings. The van der Waals surface area contributed by atoms with E-state index in [0.29, 0.717) is 13.0 Å². The first-order valence-electron chi connectivity index (χ1n) is 7.98. The Labute approximate surface area is 142 Å². The molecular weight excluding hydrogens is 298 g/mol. The van der Waals surface area contributed by atoms with Crippen LogP contribution in [0.4, 0.5) is 0 Å². The maximum atomic E-state index is 12.4. The van der Waals surface area contributed by atoms with Gasteiger partial charge in [-0.25, -0.2) is 4.98 Å². The molecule has 1 heterocycles. The summed E-state index contributed by atoms with van der Waals surface area (Å²) in [7, 11) is 3.75. The summed E-state index contributed by atoms with van der Waals surface area (Å²) in [6.45, 7) is 0.518. The second-order valence-corrected chi connectivity index (χ2v) is 5.94. The number of nitrogens with zero attached hydrogens (tertiary/aromatic N) is 3. The van der Waals surface area contributed by atoms with E-state index in [9.17, 15) is 4.79 Å². The lowest BCUT2D eigenvalue weighted by atomic mass is 10.0. The number of carbonyl (C=O) groups is 1. The average molecular weight is 319 g/mol. The highest BCUT2D eigenvalue weighted by Gasteiger charge is 2.12. The highest BCUT2D eigenvalue weighted by molar-refractivity contribution is 5.78. The Kier molecular flexibility index (Phi) is 4.75. The third kappa shape index (κ3) is 3.71. The van der Waals surface area contributed by atoms with Crippen LogP contribution in [0.25, 0.3) is 11.1 Å². The predicted molar refractivity (Wildman–Crippen MR) is 95.3 cm³/mol. The number of carbonyl (C=O) groups excluding carboxylic acids is 1. The fraction of sp³-hybridized carbons (Fsp3) is 0.200. The van der Waals surface area contributed by atoms with Crippen LogP contribution in [0.5, 0.6) is 0 Å². The summed E-state index contributed by atoms with van der Waals surface area (Å²) >= 11 is 0. The van der Waals surface area contributed by atoms with Crippen LogP contribution >= 0.6 is 0 Å². The number of likely N-dealkylation sites (N-methyl/N-ethyl adjacent to an activating group) is 1. The van der Waals surface area contributed by atoms with Crippen molar-refractivity contribution in [3.8, 4) is 11.1 Å². The molecule has 24 heavy (non-hydrogen) atoms. The van der Waals surface area contributed by atoms with Crippen LogP contribution < -0.4 is 0 Å². The Hall–Kier alpha value is -2.88. The van der Waals surface area contributed by atoms with E-state index in [1.54, 1.807) is 11.1 Å². The summed E-state index contributed by atoms with van der Waals surface area (Å²) in [4.78, 5) is 18.4. The first kappa shape index (κ1) is 16.0. The van der Waals surface area contributed by atoms with Gasteiger partial charge < -0.3 is 9.47 Å². The normalized spacial score (nSPS) is 10.6. The van der Waals surface area contributed by atoms with Gasteiger partial charge in [0, 0.05) is 26.5 Å². The van der Waals surface area contributed by atoms with Gasteiger partial charge in [0.05, 0.1) is 13.0 Å². The lowest BCUT2D eigenvalue weighted by Crippen LogP contribution is -2.28. The van der Waals surface area contributed by atoms with Crippen molar-refractivity contribution in [2.45, 2.75) is 13.0 Å². The van der Waals surface area contributed by atoms with Gasteiger partial charge in [0.2, 0.25) is 5.91 Å². The third-order valence-electron chi connectivity index (χ3n) is 4.14. The molecule has 3 rings (SSSR count). The van der Waals surface area contributed by atoms with Crippen LogP contribution in [-0.2, 0) is 24.8 Å². The summed E-state index contributed by atoms with van der Waals surface area (Å²) in [5.41, 5.74) is 3.36. The molecule has 0 aliphatic rings. The molecule has 0 bridgehead atoms. The van der Waals surface area contributed by atoms with Gasteiger partial charge >= 0.3 is 0 Å². The zero-order valence-corrected chi connectivity index (χ0v) is 14.0. The smallest absolute Gasteiger partial charge is 0.227 e. The van der Waals surface area contributed by atoms with E-state index in [1.165, 1.54) is 5.56 Å². The van der Waals surface area contributed by atoms with Crippen LogP contribution in [0.15, 0.2) is 67.0 Å². The number of hydrogen-bond acceptors (Lipinski definition) is 2. The molecule has 0 N–H and O–H groups in total. The van der Waals surface area contributed by atoms with Gasteiger partial charge in [-0.15, -0.1) is 0 Å². The van der Waals surface area contributed by atoms with Crippen LogP contribution in [0.2, 0.25) is 0 Å². The molecule has 4 heteroatoms. The number of benzene rings is 2. The summed E-state index contributed by atoms with van der Waals surface area (Å²) in [5, 5.41) is 0. The number of imidazole rings is 1. The largest absolute Gasteiger partial charge is 0.338 e. The number of amides is 1. The standard InChI is InChI=1S/C20H21N3O/c1-22-13-12-21-19(22)15-23(2)20(24)14-16-8-10-18(11-9-16)17-6-4-3-5-7-17/h3-13H,14-15H2,1-2H3. The molecule has 0 aliphatic carbocycles. The van der Waals surface area contributed by atoms with Crippen LogP contribution in [-0.4, -0.2) is 27.4 Å². The Morgan fingerprint density at radius 3 is 2.33 bits per heavy atom. The second kappa shape index (κ2) is 7.13.